The van der Waals surface area contributed by atoms with Crippen molar-refractivity contribution in [3.8, 4) is 0 Å². The van der Waals surface area contributed by atoms with Crippen molar-refractivity contribution in [1.29, 1.82) is 0 Å². The molecule has 3 aromatic rings. The van der Waals surface area contributed by atoms with Crippen molar-refractivity contribution >= 4 is 17.2 Å². The number of aromatic nitrogens is 4. The fraction of sp³-hybridized carbons (Fsp3) is 0.455. The largest absolute Gasteiger partial charge is 0.342 e. The van der Waals surface area contributed by atoms with E-state index in [0.717, 1.165) is 50.7 Å². The van der Waals surface area contributed by atoms with Crippen LogP contribution in [0, 0.1) is 5.92 Å². The number of rotatable bonds is 7. The Balaban J connectivity index is 1.50. The molecule has 0 saturated heterocycles. The molecule has 1 amide bonds. The Morgan fingerprint density at radius 2 is 2.13 bits per heavy atom. The first-order chi connectivity index (χ1) is 14.6. The maximum Gasteiger partial charge on any atom is 0.253 e. The van der Waals surface area contributed by atoms with Gasteiger partial charge in [0.25, 0.3) is 5.91 Å². The van der Waals surface area contributed by atoms with E-state index in [4.69, 9.17) is 0 Å². The van der Waals surface area contributed by atoms with Gasteiger partial charge in [0.2, 0.25) is 0 Å². The normalized spacial score (nSPS) is 15.6. The topological polar surface area (TPSA) is 75.9 Å². The fourth-order valence-electron chi connectivity index (χ4n) is 3.88. The molecule has 0 aromatic carbocycles. The first-order valence-electron chi connectivity index (χ1n) is 10.5. The van der Waals surface area contributed by atoms with Crippen molar-refractivity contribution in [2.75, 3.05) is 13.1 Å². The van der Waals surface area contributed by atoms with Gasteiger partial charge in [0.05, 0.1) is 11.6 Å². The van der Waals surface area contributed by atoms with E-state index in [1.54, 1.807) is 35.9 Å². The van der Waals surface area contributed by atoms with E-state index >= 15 is 0 Å². The molecule has 0 bridgehead atoms. The van der Waals surface area contributed by atoms with E-state index < -0.39 is 0 Å². The third kappa shape index (κ3) is 4.94. The molecule has 0 saturated carbocycles. The van der Waals surface area contributed by atoms with Gasteiger partial charge in [0, 0.05) is 45.0 Å². The zero-order valence-electron chi connectivity index (χ0n) is 17.5. The Hall–Kier alpha value is -2.58. The molecule has 158 valence electrons. The molecule has 8 heteroatoms. The smallest absolute Gasteiger partial charge is 0.253 e. The Labute approximate surface area is 181 Å². The first-order valence-corrected chi connectivity index (χ1v) is 11.4. The highest BCUT2D eigenvalue weighted by Crippen LogP contribution is 2.23. The predicted molar refractivity (Wildman–Crippen MR) is 117 cm³/mol. The summed E-state index contributed by atoms with van der Waals surface area (Å²) in [6.45, 7) is 8.02. The number of carbonyl (C=O) groups excluding carboxylic acids is 1. The lowest BCUT2D eigenvalue weighted by Crippen LogP contribution is -2.32. The zero-order chi connectivity index (χ0) is 20.9. The van der Waals surface area contributed by atoms with Crippen LogP contribution in [0.4, 0.5) is 0 Å². The summed E-state index contributed by atoms with van der Waals surface area (Å²) < 4.78 is 2.21. The van der Waals surface area contributed by atoms with Gasteiger partial charge in [-0.1, -0.05) is 13.8 Å². The number of thiophene rings is 1. The van der Waals surface area contributed by atoms with Gasteiger partial charge in [-0.2, -0.15) is 11.3 Å². The summed E-state index contributed by atoms with van der Waals surface area (Å²) in [6.07, 6.45) is 4.93. The molecule has 0 fully saturated rings. The number of hydrogen-bond acceptors (Lipinski definition) is 6. The minimum atomic E-state index is -0.178. The van der Waals surface area contributed by atoms with Crippen LogP contribution >= 0.6 is 11.3 Å². The molecule has 3 aromatic heterocycles. The summed E-state index contributed by atoms with van der Waals surface area (Å²) in [6, 6.07) is 5.56. The summed E-state index contributed by atoms with van der Waals surface area (Å²) in [7, 11) is 0. The van der Waals surface area contributed by atoms with E-state index in [1.165, 1.54) is 5.56 Å². The second-order valence-electron chi connectivity index (χ2n) is 8.18. The number of carbonyl (C=O) groups is 1. The van der Waals surface area contributed by atoms with Gasteiger partial charge in [-0.3, -0.25) is 14.7 Å². The van der Waals surface area contributed by atoms with E-state index in [9.17, 15) is 4.79 Å². The van der Waals surface area contributed by atoms with E-state index in [0.29, 0.717) is 11.5 Å². The summed E-state index contributed by atoms with van der Waals surface area (Å²) in [5.41, 5.74) is 1.92. The van der Waals surface area contributed by atoms with Gasteiger partial charge < -0.3 is 9.88 Å². The Bertz CT molecular complexity index is 953. The number of hydrogen-bond donors (Lipinski definition) is 1. The van der Waals surface area contributed by atoms with Gasteiger partial charge in [0.1, 0.15) is 5.82 Å². The number of fused-ring (bicyclic) bond motifs is 1. The Kier molecular flexibility index (Phi) is 6.54. The minimum absolute atomic E-state index is 0.126. The zero-order valence-corrected chi connectivity index (χ0v) is 18.3. The monoisotopic (exact) mass is 424 g/mol. The summed E-state index contributed by atoms with van der Waals surface area (Å²) in [4.78, 5) is 19.3. The van der Waals surface area contributed by atoms with Gasteiger partial charge in [0.15, 0.2) is 5.82 Å². The molecular weight excluding hydrogens is 396 g/mol. The molecule has 1 N–H and O–H groups in total. The third-order valence-corrected chi connectivity index (χ3v) is 6.11. The van der Waals surface area contributed by atoms with Crippen LogP contribution in [0.3, 0.4) is 0 Å². The average Bonchev–Trinajstić information content (AvgIpc) is 3.35. The molecule has 30 heavy (non-hydrogen) atoms. The van der Waals surface area contributed by atoms with Crippen LogP contribution in [-0.4, -0.2) is 43.6 Å². The number of nitrogens with one attached hydrogen (secondary N) is 1. The Morgan fingerprint density at radius 1 is 1.23 bits per heavy atom. The molecule has 1 atom stereocenters. The second kappa shape index (κ2) is 9.49. The van der Waals surface area contributed by atoms with Crippen LogP contribution in [0.2, 0.25) is 0 Å². The van der Waals surface area contributed by atoms with Crippen molar-refractivity contribution in [2.45, 2.75) is 45.8 Å². The van der Waals surface area contributed by atoms with Crippen molar-refractivity contribution in [2.24, 2.45) is 5.92 Å². The number of nitrogens with zero attached hydrogens (tertiary/aromatic N) is 5. The van der Waals surface area contributed by atoms with Gasteiger partial charge in [-0.15, -0.1) is 10.2 Å². The molecule has 0 radical (unpaired) electrons. The van der Waals surface area contributed by atoms with Gasteiger partial charge in [-0.25, -0.2) is 0 Å². The van der Waals surface area contributed by atoms with Gasteiger partial charge in [-0.05, 0) is 46.9 Å². The first kappa shape index (κ1) is 20.7. The molecule has 4 rings (SSSR count). The lowest BCUT2D eigenvalue weighted by atomic mass is 10.0. The van der Waals surface area contributed by atoms with Crippen LogP contribution in [0.5, 0.6) is 0 Å². The number of pyridine rings is 1. The van der Waals surface area contributed by atoms with Crippen LogP contribution < -0.4 is 5.32 Å². The van der Waals surface area contributed by atoms with Crippen molar-refractivity contribution < 1.29 is 4.79 Å². The Morgan fingerprint density at radius 3 is 2.87 bits per heavy atom. The molecule has 1 aliphatic rings. The van der Waals surface area contributed by atoms with E-state index in [1.807, 2.05) is 0 Å². The molecule has 1 aliphatic heterocycles. The van der Waals surface area contributed by atoms with Gasteiger partial charge >= 0.3 is 0 Å². The minimum Gasteiger partial charge on any atom is -0.342 e. The maximum absolute atomic E-state index is 12.8. The van der Waals surface area contributed by atoms with Crippen LogP contribution in [0.15, 0.2) is 41.4 Å². The molecule has 1 unspecified atom stereocenters. The summed E-state index contributed by atoms with van der Waals surface area (Å²) >= 11 is 1.74. The number of amides is 1. The molecular formula is C22H28N6OS. The molecule has 4 heterocycles. The lowest BCUT2D eigenvalue weighted by Gasteiger charge is -2.22. The van der Waals surface area contributed by atoms with E-state index in [2.05, 4.69) is 60.6 Å². The van der Waals surface area contributed by atoms with Crippen molar-refractivity contribution in [3.63, 3.8) is 0 Å². The van der Waals surface area contributed by atoms with Crippen molar-refractivity contribution in [3.05, 3.63) is 64.1 Å². The van der Waals surface area contributed by atoms with E-state index in [-0.39, 0.29) is 11.9 Å². The fourth-order valence-corrected chi connectivity index (χ4v) is 4.54. The molecule has 0 aliphatic carbocycles. The SMILES string of the molecule is CC(C)CC(NC(=O)c1cccnc1)c1nnc2n1CCN(Cc1ccsc1)CC2. The second-order valence-corrected chi connectivity index (χ2v) is 8.96. The highest BCUT2D eigenvalue weighted by molar-refractivity contribution is 7.07. The predicted octanol–water partition coefficient (Wildman–Crippen LogP) is 3.31. The van der Waals surface area contributed by atoms with Crippen LogP contribution in [0.1, 0.15) is 53.9 Å². The summed E-state index contributed by atoms with van der Waals surface area (Å²) in [5.74, 6) is 2.15. The van der Waals surface area contributed by atoms with Crippen LogP contribution in [0.25, 0.3) is 0 Å². The third-order valence-electron chi connectivity index (χ3n) is 5.38. The lowest BCUT2D eigenvalue weighted by molar-refractivity contribution is 0.0928. The highest BCUT2D eigenvalue weighted by Gasteiger charge is 2.26. The average molecular weight is 425 g/mol. The summed E-state index contributed by atoms with van der Waals surface area (Å²) in [5, 5.41) is 16.5. The van der Waals surface area contributed by atoms with Crippen LogP contribution in [-0.2, 0) is 19.5 Å². The molecule has 7 nitrogen and oxygen atoms in total. The maximum atomic E-state index is 12.8. The highest BCUT2D eigenvalue weighted by atomic mass is 32.1. The molecule has 0 spiro atoms. The van der Waals surface area contributed by atoms with Crippen molar-refractivity contribution in [1.82, 2.24) is 30.0 Å². The quantitative estimate of drug-likeness (QED) is 0.630. The standard InChI is InChI=1S/C22H28N6OS/c1-16(2)12-19(24-22(29)18-4-3-7-23-13-18)21-26-25-20-5-8-27(9-10-28(20)21)14-17-6-11-30-15-17/h3-4,6-7,11,13,15-16,19H,5,8-10,12,14H2,1-2H3,(H,24,29).